The highest BCUT2D eigenvalue weighted by atomic mass is 79.9. The topological polar surface area (TPSA) is 84.3 Å². The van der Waals surface area contributed by atoms with Crippen LogP contribution in [-0.4, -0.2) is 29.6 Å². The smallest absolute Gasteiger partial charge is 0.414 e. The zero-order valence-electron chi connectivity index (χ0n) is 32.0. The van der Waals surface area contributed by atoms with Crippen molar-refractivity contribution in [3.8, 4) is 0 Å². The zero-order chi connectivity index (χ0) is 46.6. The third-order valence-electron chi connectivity index (χ3n) is 8.91. The first-order valence-corrected chi connectivity index (χ1v) is 22.3. The Morgan fingerprint density at radius 3 is 1.45 bits per heavy atom. The van der Waals surface area contributed by atoms with E-state index in [1.165, 1.54) is 25.4 Å². The number of H-pyrrole nitrogens is 1. The summed E-state index contributed by atoms with van der Waals surface area (Å²) in [5.41, 5.74) is -7.38. The molecule has 0 fully saturated rings. The Kier molecular flexibility index (Phi) is 17.9. The zero-order valence-corrected chi connectivity index (χ0v) is 37.7. The molecule has 0 radical (unpaired) electrons. The summed E-state index contributed by atoms with van der Waals surface area (Å²) in [5.74, 6) is 0. The molecule has 0 amide bonds. The van der Waals surface area contributed by atoms with Crippen molar-refractivity contribution in [1.29, 1.82) is 0 Å². The highest BCUT2D eigenvalue weighted by Gasteiger charge is 2.41. The summed E-state index contributed by atoms with van der Waals surface area (Å²) in [5, 5.41) is 9.67. The first-order valence-electron chi connectivity index (χ1n) is 17.0. The van der Waals surface area contributed by atoms with Gasteiger partial charge in [0.25, 0.3) is 11.1 Å². The number of nitrogens with one attached hydrogen (secondary N) is 1. The van der Waals surface area contributed by atoms with Crippen LogP contribution in [0.15, 0.2) is 79.5 Å². The molecule has 2 N–H and O–H groups in total. The third-order valence-corrected chi connectivity index (χ3v) is 15.0. The number of rotatable bonds is 7. The Balaban J connectivity index is 0.000000379. The van der Waals surface area contributed by atoms with Gasteiger partial charge in [-0.2, -0.15) is 52.7 Å². The summed E-state index contributed by atoms with van der Waals surface area (Å²) in [4.78, 5) is 25.8. The highest BCUT2D eigenvalue weighted by Crippen LogP contribution is 2.41. The molecular weight excluding hydrogens is 1020 g/mol. The largest absolute Gasteiger partial charge is 0.416 e. The molecule has 0 aliphatic heterocycles. The van der Waals surface area contributed by atoms with Crippen molar-refractivity contribution in [2.45, 2.75) is 89.1 Å². The van der Waals surface area contributed by atoms with Gasteiger partial charge in [-0.3, -0.25) is 9.59 Å². The molecule has 2 unspecified atom stereocenters. The number of aromatic amines is 1. The first-order chi connectivity index (χ1) is 27.0. The van der Waals surface area contributed by atoms with E-state index in [9.17, 15) is 67.4 Å². The molecular formula is C37H36Br2Cl2F12N2O4Si. The molecule has 0 saturated carbocycles. The van der Waals surface area contributed by atoms with E-state index in [0.717, 1.165) is 4.57 Å². The highest BCUT2D eigenvalue weighted by molar-refractivity contribution is 9.10. The van der Waals surface area contributed by atoms with Crippen LogP contribution in [0.4, 0.5) is 52.7 Å². The van der Waals surface area contributed by atoms with Crippen molar-refractivity contribution in [3.05, 3.63) is 134 Å². The quantitative estimate of drug-likeness (QED) is 0.143. The molecule has 4 rings (SSSR count). The molecule has 2 aromatic carbocycles. The number of aromatic nitrogens is 2. The van der Waals surface area contributed by atoms with Crippen molar-refractivity contribution in [2.24, 2.45) is 0 Å². The molecule has 2 aromatic heterocycles. The first kappa shape index (κ1) is 53.3. The number of benzene rings is 2. The average molecular weight is 1060 g/mol. The molecule has 4 aromatic rings. The maximum Gasteiger partial charge on any atom is 0.416 e. The lowest BCUT2D eigenvalue weighted by atomic mass is 9.99. The summed E-state index contributed by atoms with van der Waals surface area (Å²) in [6, 6.07) is 3.90. The van der Waals surface area contributed by atoms with Gasteiger partial charge in [0.1, 0.15) is 0 Å². The van der Waals surface area contributed by atoms with Crippen LogP contribution in [0.3, 0.4) is 0 Å². The van der Waals surface area contributed by atoms with Gasteiger partial charge in [0.05, 0.1) is 60.0 Å². The fraction of sp³-hybridized carbons (Fsp3) is 0.405. The maximum atomic E-state index is 13.5. The average Bonchev–Trinajstić information content (AvgIpc) is 3.10. The molecule has 60 heavy (non-hydrogen) atoms. The predicted octanol–water partition coefficient (Wildman–Crippen LogP) is 13.9. The van der Waals surface area contributed by atoms with Gasteiger partial charge >= 0.3 is 24.7 Å². The number of pyridine rings is 2. The minimum absolute atomic E-state index is 0.00958. The van der Waals surface area contributed by atoms with Crippen molar-refractivity contribution in [2.75, 3.05) is 6.61 Å². The predicted molar refractivity (Wildman–Crippen MR) is 213 cm³/mol. The summed E-state index contributed by atoms with van der Waals surface area (Å²) in [7, 11) is -2.48. The van der Waals surface area contributed by atoms with E-state index >= 15 is 0 Å². The number of aliphatic hydroxyl groups is 1. The molecule has 0 spiro atoms. The molecule has 0 aliphatic carbocycles. The van der Waals surface area contributed by atoms with E-state index in [4.69, 9.17) is 27.6 Å². The molecule has 23 heteroatoms. The number of alkyl halides is 12. The van der Waals surface area contributed by atoms with Gasteiger partial charge in [-0.1, -0.05) is 50.9 Å². The lowest BCUT2D eigenvalue weighted by molar-refractivity contribution is -0.144. The molecule has 334 valence electrons. The minimum atomic E-state index is -5.03. The van der Waals surface area contributed by atoms with Crippen molar-refractivity contribution >= 4 is 63.4 Å². The summed E-state index contributed by atoms with van der Waals surface area (Å²) in [6.45, 7) is 10.7. The second kappa shape index (κ2) is 20.1. The number of hydrogen-bond donors (Lipinski definition) is 2. The van der Waals surface area contributed by atoms with Crippen LogP contribution in [0.5, 0.6) is 0 Å². The van der Waals surface area contributed by atoms with E-state index in [1.807, 2.05) is 33.9 Å². The minimum Gasteiger partial charge on any atom is -0.414 e. The molecule has 2 heterocycles. The van der Waals surface area contributed by atoms with Gasteiger partial charge < -0.3 is 19.1 Å². The van der Waals surface area contributed by atoms with E-state index in [-0.39, 0.29) is 56.4 Å². The van der Waals surface area contributed by atoms with Crippen LogP contribution < -0.4 is 11.1 Å². The molecule has 0 saturated heterocycles. The SMILES string of the molecule is CC(C)(C)[Si](C)(C)OCC(c1cc(C(F)(F)F)cc(C(F)(F)F)c1)n1cc(Cl)cc(Br)c1=O.CCC(O)c1cc(C(F)(F)F)cc(C(F)(F)F)c1.O=c1[nH]cc(Cl)cc1Br. The summed E-state index contributed by atoms with van der Waals surface area (Å²) < 4.78 is 163. The van der Waals surface area contributed by atoms with Crippen LogP contribution in [0, 0.1) is 0 Å². The summed E-state index contributed by atoms with van der Waals surface area (Å²) in [6.07, 6.45) is -18.5. The van der Waals surface area contributed by atoms with E-state index < -0.39 is 73.0 Å². The maximum absolute atomic E-state index is 13.5. The van der Waals surface area contributed by atoms with Crippen LogP contribution in [-0.2, 0) is 29.1 Å². The Morgan fingerprint density at radius 2 is 1.10 bits per heavy atom. The standard InChI is InChI=1S/C21H23BrClF6NO2Si.C11H10F6O.C5H3BrClNO/c1-19(2,3)33(4,5)32-11-17(30-10-15(23)9-16(22)18(30)31)12-6-13(20(24,25)26)8-14(7-12)21(27,28)29;1-2-9(18)6-3-7(10(12,13)14)5-8(4-6)11(15,16)17;6-4-1-3(7)2-8-5(4)9/h6-10,17H,11H2,1-5H3;3-5,9,18H,2H2,1H3;1-2H,(H,8,9). The lowest BCUT2D eigenvalue weighted by Crippen LogP contribution is -2.43. The normalized spacial score (nSPS) is 13.8. The van der Waals surface area contributed by atoms with Gasteiger partial charge in [-0.25, -0.2) is 0 Å². The number of aliphatic hydroxyl groups excluding tert-OH is 1. The third kappa shape index (κ3) is 15.2. The van der Waals surface area contributed by atoms with Crippen molar-refractivity contribution in [1.82, 2.24) is 9.55 Å². The number of hydrogen-bond acceptors (Lipinski definition) is 4. The fourth-order valence-corrected chi connectivity index (χ4v) is 7.08. The van der Waals surface area contributed by atoms with E-state index in [0.29, 0.717) is 33.8 Å². The lowest BCUT2D eigenvalue weighted by Gasteiger charge is -2.37. The Bertz CT molecular complexity index is 2160. The van der Waals surface area contributed by atoms with Crippen LogP contribution in [0.2, 0.25) is 28.2 Å². The summed E-state index contributed by atoms with van der Waals surface area (Å²) >= 11 is 17.6. The van der Waals surface area contributed by atoms with Gasteiger partial charge in [0, 0.05) is 12.4 Å². The van der Waals surface area contributed by atoms with Gasteiger partial charge in [0.2, 0.25) is 0 Å². The van der Waals surface area contributed by atoms with Gasteiger partial charge in [-0.15, -0.1) is 0 Å². The van der Waals surface area contributed by atoms with Crippen LogP contribution >= 0.6 is 55.1 Å². The van der Waals surface area contributed by atoms with Crippen LogP contribution in [0.25, 0.3) is 0 Å². The Morgan fingerprint density at radius 1 is 0.700 bits per heavy atom. The molecule has 0 aliphatic rings. The fourth-order valence-electron chi connectivity index (χ4n) is 4.62. The van der Waals surface area contributed by atoms with E-state index in [1.54, 1.807) is 6.07 Å². The van der Waals surface area contributed by atoms with E-state index in [2.05, 4.69) is 36.8 Å². The molecule has 2 atom stereocenters. The number of nitrogens with zero attached hydrogens (tertiary/aromatic N) is 1. The van der Waals surface area contributed by atoms with Crippen molar-refractivity contribution < 1.29 is 62.2 Å². The molecule has 6 nitrogen and oxygen atoms in total. The Labute approximate surface area is 363 Å². The van der Waals surface area contributed by atoms with Gasteiger partial charge in [0.15, 0.2) is 8.32 Å². The number of halogens is 16. The Hall–Kier alpha value is -2.82. The molecule has 0 bridgehead atoms. The second-order valence-electron chi connectivity index (χ2n) is 14.4. The monoisotopic (exact) mass is 1060 g/mol. The van der Waals surface area contributed by atoms with Crippen LogP contribution in [0.1, 0.15) is 79.6 Å². The van der Waals surface area contributed by atoms with Crippen molar-refractivity contribution in [3.63, 3.8) is 0 Å². The van der Waals surface area contributed by atoms with Gasteiger partial charge in [-0.05, 0) is 116 Å². The second-order valence-corrected chi connectivity index (χ2v) is 21.8.